The van der Waals surface area contributed by atoms with Crippen molar-refractivity contribution in [3.8, 4) is 0 Å². The lowest BCUT2D eigenvalue weighted by molar-refractivity contribution is -0.116. The first-order valence-corrected chi connectivity index (χ1v) is 8.71. The molecule has 2 aromatic rings. The van der Waals surface area contributed by atoms with Gasteiger partial charge in [-0.15, -0.1) is 0 Å². The molecule has 2 N–H and O–H groups in total. The topological polar surface area (TPSA) is 101 Å². The fraction of sp³-hybridized carbons (Fsp3) is 0.333. The van der Waals surface area contributed by atoms with Crippen molar-refractivity contribution in [1.82, 2.24) is 9.88 Å². The van der Waals surface area contributed by atoms with Gasteiger partial charge in [-0.1, -0.05) is 24.2 Å². The van der Waals surface area contributed by atoms with Gasteiger partial charge in [0.25, 0.3) is 0 Å². The Morgan fingerprint density at radius 1 is 1.26 bits per heavy atom. The average Bonchev–Trinajstić information content (AvgIpc) is 2.92. The SMILES string of the molecule is CCc1ccc(S(=O)(=O)NCCC(=O)Nc2cc(C)on2)cc1. The molecule has 0 aliphatic rings. The van der Waals surface area contributed by atoms with E-state index in [9.17, 15) is 13.2 Å². The van der Waals surface area contributed by atoms with E-state index in [-0.39, 0.29) is 23.8 Å². The van der Waals surface area contributed by atoms with Gasteiger partial charge in [-0.2, -0.15) is 0 Å². The quantitative estimate of drug-likeness (QED) is 0.803. The summed E-state index contributed by atoms with van der Waals surface area (Å²) in [5.74, 6) is 0.546. The summed E-state index contributed by atoms with van der Waals surface area (Å²) in [6.07, 6.45) is 0.841. The molecule has 0 aliphatic carbocycles. The Kier molecular flexibility index (Phi) is 5.51. The van der Waals surface area contributed by atoms with E-state index < -0.39 is 10.0 Å². The van der Waals surface area contributed by atoms with Gasteiger partial charge in [0.15, 0.2) is 5.82 Å². The molecule has 1 aromatic carbocycles. The number of amides is 1. The molecule has 7 nitrogen and oxygen atoms in total. The fourth-order valence-electron chi connectivity index (χ4n) is 1.92. The number of aromatic nitrogens is 1. The third-order valence-corrected chi connectivity index (χ3v) is 4.66. The lowest BCUT2D eigenvalue weighted by Crippen LogP contribution is -2.27. The van der Waals surface area contributed by atoms with Crippen LogP contribution in [0.4, 0.5) is 5.82 Å². The van der Waals surface area contributed by atoms with Gasteiger partial charge in [-0.05, 0) is 31.0 Å². The van der Waals surface area contributed by atoms with Gasteiger partial charge in [0.2, 0.25) is 15.9 Å². The lowest BCUT2D eigenvalue weighted by atomic mass is 10.2. The van der Waals surface area contributed by atoms with E-state index >= 15 is 0 Å². The van der Waals surface area contributed by atoms with Crippen LogP contribution in [-0.4, -0.2) is 26.0 Å². The van der Waals surface area contributed by atoms with E-state index in [1.165, 1.54) is 0 Å². The average molecular weight is 337 g/mol. The highest BCUT2D eigenvalue weighted by atomic mass is 32.2. The number of aryl methyl sites for hydroxylation is 2. The number of carbonyl (C=O) groups excluding carboxylic acids is 1. The predicted octanol–water partition coefficient (Wildman–Crippen LogP) is 1.85. The van der Waals surface area contributed by atoms with Crippen LogP contribution < -0.4 is 10.0 Å². The highest BCUT2D eigenvalue weighted by Gasteiger charge is 2.14. The zero-order valence-corrected chi connectivity index (χ0v) is 13.8. The monoisotopic (exact) mass is 337 g/mol. The molecule has 0 saturated carbocycles. The third-order valence-electron chi connectivity index (χ3n) is 3.18. The van der Waals surface area contributed by atoms with Crippen LogP contribution in [0, 0.1) is 6.92 Å². The largest absolute Gasteiger partial charge is 0.360 e. The van der Waals surface area contributed by atoms with Gasteiger partial charge in [-0.3, -0.25) is 4.79 Å². The van der Waals surface area contributed by atoms with Crippen LogP contribution in [0.2, 0.25) is 0 Å². The number of rotatable bonds is 7. The fourth-order valence-corrected chi connectivity index (χ4v) is 2.95. The molecule has 0 unspecified atom stereocenters. The minimum atomic E-state index is -3.61. The number of hydrogen-bond donors (Lipinski definition) is 2. The Hall–Kier alpha value is -2.19. The summed E-state index contributed by atoms with van der Waals surface area (Å²) in [7, 11) is -3.61. The van der Waals surface area contributed by atoms with E-state index in [0.29, 0.717) is 11.6 Å². The van der Waals surface area contributed by atoms with Gasteiger partial charge in [-0.25, -0.2) is 13.1 Å². The van der Waals surface area contributed by atoms with E-state index in [2.05, 4.69) is 15.2 Å². The zero-order valence-electron chi connectivity index (χ0n) is 13.0. The summed E-state index contributed by atoms with van der Waals surface area (Å²) in [5, 5.41) is 6.16. The van der Waals surface area contributed by atoms with Gasteiger partial charge >= 0.3 is 0 Å². The standard InChI is InChI=1S/C15H19N3O4S/c1-3-12-4-6-13(7-5-12)23(20,21)16-9-8-15(19)17-14-10-11(2)22-18-14/h4-7,10,16H,3,8-9H2,1-2H3,(H,17,18,19). The van der Waals surface area contributed by atoms with Crippen LogP contribution in [0.25, 0.3) is 0 Å². The normalized spacial score (nSPS) is 11.4. The summed E-state index contributed by atoms with van der Waals surface area (Å²) in [6, 6.07) is 8.23. The smallest absolute Gasteiger partial charge is 0.240 e. The van der Waals surface area contributed by atoms with Crippen LogP contribution in [0.5, 0.6) is 0 Å². The molecule has 1 amide bonds. The third kappa shape index (κ3) is 4.90. The summed E-state index contributed by atoms with van der Waals surface area (Å²) in [6.45, 7) is 3.71. The molecule has 8 heteroatoms. The number of carbonyl (C=O) groups is 1. The van der Waals surface area contributed by atoms with E-state index in [1.54, 1.807) is 37.3 Å². The van der Waals surface area contributed by atoms with Crippen molar-refractivity contribution in [3.63, 3.8) is 0 Å². The number of hydrogen-bond acceptors (Lipinski definition) is 5. The van der Waals surface area contributed by atoms with E-state index in [1.807, 2.05) is 6.92 Å². The maximum Gasteiger partial charge on any atom is 0.240 e. The summed E-state index contributed by atoms with van der Waals surface area (Å²) >= 11 is 0. The first-order valence-electron chi connectivity index (χ1n) is 7.22. The number of nitrogens with zero attached hydrogens (tertiary/aromatic N) is 1. The Balaban J connectivity index is 1.85. The van der Waals surface area contributed by atoms with Crippen LogP contribution >= 0.6 is 0 Å². The Labute approximate surface area is 135 Å². The lowest BCUT2D eigenvalue weighted by Gasteiger charge is -2.07. The maximum absolute atomic E-state index is 12.1. The molecular formula is C15H19N3O4S. The second-order valence-electron chi connectivity index (χ2n) is 5.02. The summed E-state index contributed by atoms with van der Waals surface area (Å²) in [4.78, 5) is 11.9. The second kappa shape index (κ2) is 7.38. The summed E-state index contributed by atoms with van der Waals surface area (Å²) < 4.78 is 31.4. The number of anilines is 1. The molecule has 0 saturated heterocycles. The molecule has 0 fully saturated rings. The van der Waals surface area contributed by atoms with Gasteiger partial charge < -0.3 is 9.84 Å². The van der Waals surface area contributed by atoms with Gasteiger partial charge in [0.05, 0.1) is 4.90 Å². The predicted molar refractivity (Wildman–Crippen MR) is 85.5 cm³/mol. The van der Waals surface area contributed by atoms with Crippen LogP contribution in [0.3, 0.4) is 0 Å². The minimum absolute atomic E-state index is 0.000525. The molecule has 23 heavy (non-hydrogen) atoms. The molecule has 2 rings (SSSR count). The zero-order chi connectivity index (χ0) is 16.9. The van der Waals surface area contributed by atoms with Crippen molar-refractivity contribution in [2.24, 2.45) is 0 Å². The van der Waals surface area contributed by atoms with Gasteiger partial charge in [0.1, 0.15) is 5.76 Å². The molecule has 1 aromatic heterocycles. The molecule has 0 aliphatic heterocycles. The number of nitrogens with one attached hydrogen (secondary N) is 2. The van der Waals surface area contributed by atoms with Gasteiger partial charge in [0, 0.05) is 19.0 Å². The van der Waals surface area contributed by atoms with Crippen molar-refractivity contribution in [3.05, 3.63) is 41.7 Å². The maximum atomic E-state index is 12.1. The molecule has 0 bridgehead atoms. The second-order valence-corrected chi connectivity index (χ2v) is 6.78. The first-order chi connectivity index (χ1) is 10.9. The Morgan fingerprint density at radius 2 is 1.96 bits per heavy atom. The molecule has 0 atom stereocenters. The molecule has 0 spiro atoms. The number of sulfonamides is 1. The van der Waals surface area contributed by atoms with Crippen LogP contribution in [-0.2, 0) is 21.2 Å². The minimum Gasteiger partial charge on any atom is -0.360 e. The van der Waals surface area contributed by atoms with E-state index in [0.717, 1.165) is 12.0 Å². The van der Waals surface area contributed by atoms with Crippen molar-refractivity contribution in [1.29, 1.82) is 0 Å². The van der Waals surface area contributed by atoms with Crippen LogP contribution in [0.1, 0.15) is 24.7 Å². The Morgan fingerprint density at radius 3 is 2.52 bits per heavy atom. The molecule has 1 heterocycles. The highest BCUT2D eigenvalue weighted by molar-refractivity contribution is 7.89. The first kappa shape index (κ1) is 17.2. The molecular weight excluding hydrogens is 318 g/mol. The van der Waals surface area contributed by atoms with Crippen molar-refractivity contribution in [2.75, 3.05) is 11.9 Å². The number of benzene rings is 1. The van der Waals surface area contributed by atoms with Crippen molar-refractivity contribution in [2.45, 2.75) is 31.6 Å². The highest BCUT2D eigenvalue weighted by Crippen LogP contribution is 2.11. The molecule has 0 radical (unpaired) electrons. The Bertz CT molecular complexity index is 766. The molecule has 124 valence electrons. The van der Waals surface area contributed by atoms with E-state index in [4.69, 9.17) is 4.52 Å². The van der Waals surface area contributed by atoms with Crippen molar-refractivity contribution >= 4 is 21.7 Å². The van der Waals surface area contributed by atoms with Crippen LogP contribution in [0.15, 0.2) is 39.8 Å². The van der Waals surface area contributed by atoms with Crippen molar-refractivity contribution < 1.29 is 17.7 Å². The summed E-state index contributed by atoms with van der Waals surface area (Å²) in [5.41, 5.74) is 1.06.